The normalized spacial score (nSPS) is 9.96. The number of nitrogens with one attached hydrogen (secondary N) is 1. The second-order valence-corrected chi connectivity index (χ2v) is 6.49. The van der Waals surface area contributed by atoms with Gasteiger partial charge in [0, 0.05) is 22.2 Å². The van der Waals surface area contributed by atoms with Crippen LogP contribution >= 0.6 is 23.4 Å². The molecular weight excluding hydrogens is 380 g/mol. The number of hydrogen-bond acceptors (Lipinski definition) is 6. The van der Waals surface area contributed by atoms with Gasteiger partial charge in [0.15, 0.2) is 0 Å². The molecule has 0 aliphatic carbocycles. The highest BCUT2D eigenvalue weighted by Crippen LogP contribution is 2.29. The predicted octanol–water partition coefficient (Wildman–Crippen LogP) is 5.88. The van der Waals surface area contributed by atoms with Gasteiger partial charge in [0.1, 0.15) is 11.6 Å². The number of anilines is 3. The zero-order valence-electron chi connectivity index (χ0n) is 15.8. The van der Waals surface area contributed by atoms with E-state index in [1.807, 2.05) is 44.4 Å². The Hall–Kier alpha value is -2.44. The fourth-order valence-corrected chi connectivity index (χ4v) is 3.00. The van der Waals surface area contributed by atoms with Gasteiger partial charge in [-0.25, -0.2) is 4.98 Å². The SMILES string of the molecule is CC.COc1ccc(Nc2cc(-c3ccc(SC)cc3)nc(N)n2)cc1Cl. The van der Waals surface area contributed by atoms with Crippen molar-refractivity contribution in [1.29, 1.82) is 0 Å². The van der Waals surface area contributed by atoms with E-state index in [1.54, 1.807) is 31.0 Å². The van der Waals surface area contributed by atoms with Crippen LogP contribution in [0.25, 0.3) is 11.3 Å². The number of nitrogen functional groups attached to an aromatic ring is 1. The lowest BCUT2D eigenvalue weighted by Gasteiger charge is -2.10. The van der Waals surface area contributed by atoms with E-state index in [0.29, 0.717) is 16.6 Å². The maximum Gasteiger partial charge on any atom is 0.222 e. The van der Waals surface area contributed by atoms with E-state index in [-0.39, 0.29) is 5.95 Å². The van der Waals surface area contributed by atoms with Gasteiger partial charge in [0.05, 0.1) is 17.8 Å². The van der Waals surface area contributed by atoms with Crippen molar-refractivity contribution in [2.45, 2.75) is 18.7 Å². The second-order valence-electron chi connectivity index (χ2n) is 5.20. The molecule has 0 unspecified atom stereocenters. The highest BCUT2D eigenvalue weighted by atomic mass is 35.5. The Kier molecular flexibility index (Phi) is 7.76. The minimum Gasteiger partial charge on any atom is -0.495 e. The summed E-state index contributed by atoms with van der Waals surface area (Å²) in [5.74, 6) is 1.41. The molecule has 7 heteroatoms. The molecule has 3 rings (SSSR count). The number of methoxy groups -OCH3 is 1. The van der Waals surface area contributed by atoms with Crippen molar-refractivity contribution in [1.82, 2.24) is 9.97 Å². The van der Waals surface area contributed by atoms with Crippen molar-refractivity contribution in [3.63, 3.8) is 0 Å². The third-order valence-electron chi connectivity index (χ3n) is 3.55. The maximum absolute atomic E-state index is 6.16. The van der Waals surface area contributed by atoms with Gasteiger partial charge in [-0.05, 0) is 36.6 Å². The highest BCUT2D eigenvalue weighted by molar-refractivity contribution is 7.98. The van der Waals surface area contributed by atoms with Crippen molar-refractivity contribution < 1.29 is 4.74 Å². The summed E-state index contributed by atoms with van der Waals surface area (Å²) in [5, 5.41) is 3.71. The van der Waals surface area contributed by atoms with Gasteiger partial charge in [-0.3, -0.25) is 0 Å². The Morgan fingerprint density at radius 3 is 2.33 bits per heavy atom. The molecule has 142 valence electrons. The smallest absolute Gasteiger partial charge is 0.222 e. The van der Waals surface area contributed by atoms with Crippen LogP contribution in [0.2, 0.25) is 5.02 Å². The number of nitrogens with zero attached hydrogens (tertiary/aromatic N) is 2. The second kappa shape index (κ2) is 10.0. The molecule has 0 radical (unpaired) electrons. The van der Waals surface area contributed by atoms with Crippen LogP contribution < -0.4 is 15.8 Å². The van der Waals surface area contributed by atoms with Gasteiger partial charge < -0.3 is 15.8 Å². The first kappa shape index (κ1) is 20.9. The average Bonchev–Trinajstić information content (AvgIpc) is 2.69. The number of nitrogens with two attached hydrogens (primary N) is 1. The summed E-state index contributed by atoms with van der Waals surface area (Å²) in [5.41, 5.74) is 8.38. The van der Waals surface area contributed by atoms with E-state index in [1.165, 1.54) is 4.90 Å². The zero-order valence-corrected chi connectivity index (χ0v) is 17.4. The van der Waals surface area contributed by atoms with Crippen LogP contribution in [-0.2, 0) is 0 Å². The zero-order chi connectivity index (χ0) is 19.8. The van der Waals surface area contributed by atoms with Crippen LogP contribution in [0.1, 0.15) is 13.8 Å². The monoisotopic (exact) mass is 402 g/mol. The molecule has 2 aromatic carbocycles. The van der Waals surface area contributed by atoms with Crippen LogP contribution in [0.4, 0.5) is 17.5 Å². The van der Waals surface area contributed by atoms with Gasteiger partial charge >= 0.3 is 0 Å². The van der Waals surface area contributed by atoms with Gasteiger partial charge in [0.2, 0.25) is 5.95 Å². The summed E-state index contributed by atoms with van der Waals surface area (Å²) in [4.78, 5) is 9.75. The minimum absolute atomic E-state index is 0.202. The van der Waals surface area contributed by atoms with Gasteiger partial charge in [-0.2, -0.15) is 4.98 Å². The van der Waals surface area contributed by atoms with Crippen molar-refractivity contribution in [2.24, 2.45) is 0 Å². The Morgan fingerprint density at radius 1 is 1.04 bits per heavy atom. The summed E-state index contributed by atoms with van der Waals surface area (Å²) in [6, 6.07) is 15.4. The number of benzene rings is 2. The quantitative estimate of drug-likeness (QED) is 0.519. The molecule has 5 nitrogen and oxygen atoms in total. The number of halogens is 1. The van der Waals surface area contributed by atoms with E-state index >= 15 is 0 Å². The molecule has 0 spiro atoms. The summed E-state index contributed by atoms with van der Waals surface area (Å²) >= 11 is 7.85. The van der Waals surface area contributed by atoms with Crippen LogP contribution in [-0.4, -0.2) is 23.3 Å². The fraction of sp³-hybridized carbons (Fsp3) is 0.200. The third-order valence-corrected chi connectivity index (χ3v) is 4.59. The molecular formula is C20H23ClN4OS. The van der Waals surface area contributed by atoms with Crippen LogP contribution in [0, 0.1) is 0 Å². The molecule has 3 N–H and O–H groups in total. The average molecular weight is 403 g/mol. The number of rotatable bonds is 5. The predicted molar refractivity (Wildman–Crippen MR) is 116 cm³/mol. The lowest BCUT2D eigenvalue weighted by atomic mass is 10.1. The number of ether oxygens (including phenoxy) is 1. The lowest BCUT2D eigenvalue weighted by Crippen LogP contribution is -2.01. The number of thioether (sulfide) groups is 1. The number of hydrogen-bond donors (Lipinski definition) is 2. The first-order valence-electron chi connectivity index (χ1n) is 8.48. The molecule has 0 aliphatic rings. The molecule has 0 fully saturated rings. The first-order chi connectivity index (χ1) is 13.1. The Labute approximate surface area is 169 Å². The van der Waals surface area contributed by atoms with Crippen LogP contribution in [0.15, 0.2) is 53.4 Å². The number of aromatic nitrogens is 2. The molecule has 0 aliphatic heterocycles. The van der Waals surface area contributed by atoms with Gasteiger partial charge in [-0.1, -0.05) is 37.6 Å². The van der Waals surface area contributed by atoms with E-state index in [2.05, 4.69) is 27.4 Å². The Morgan fingerprint density at radius 2 is 1.74 bits per heavy atom. The van der Waals surface area contributed by atoms with Crippen LogP contribution in [0.3, 0.4) is 0 Å². The van der Waals surface area contributed by atoms with Crippen molar-refractivity contribution in [2.75, 3.05) is 24.4 Å². The molecule has 27 heavy (non-hydrogen) atoms. The maximum atomic E-state index is 6.16. The van der Waals surface area contributed by atoms with E-state index in [4.69, 9.17) is 22.1 Å². The fourth-order valence-electron chi connectivity index (χ4n) is 2.33. The molecule has 0 atom stereocenters. The molecule has 0 bridgehead atoms. The molecule has 0 amide bonds. The standard InChI is InChI=1S/C18H17ClN4OS.C2H6/c1-24-16-8-5-12(9-14(16)19)21-17-10-15(22-18(20)23-17)11-3-6-13(25-2)7-4-11;1-2/h3-10H,1-2H3,(H3,20,21,22,23);1-2H3. The van der Waals surface area contributed by atoms with Crippen molar-refractivity contribution in [3.8, 4) is 17.0 Å². The molecule has 0 saturated carbocycles. The molecule has 3 aromatic rings. The molecule has 0 saturated heterocycles. The van der Waals surface area contributed by atoms with Crippen LogP contribution in [0.5, 0.6) is 5.75 Å². The minimum atomic E-state index is 0.202. The van der Waals surface area contributed by atoms with Crippen molar-refractivity contribution in [3.05, 3.63) is 53.6 Å². The van der Waals surface area contributed by atoms with E-state index in [9.17, 15) is 0 Å². The Bertz CT molecular complexity index is 888. The van der Waals surface area contributed by atoms with E-state index < -0.39 is 0 Å². The molecule has 1 heterocycles. The third kappa shape index (κ3) is 5.52. The summed E-state index contributed by atoms with van der Waals surface area (Å²) in [6.45, 7) is 4.00. The summed E-state index contributed by atoms with van der Waals surface area (Å²) < 4.78 is 5.16. The van der Waals surface area contributed by atoms with Gasteiger partial charge in [-0.15, -0.1) is 11.8 Å². The largest absolute Gasteiger partial charge is 0.495 e. The summed E-state index contributed by atoms with van der Waals surface area (Å²) in [7, 11) is 1.58. The first-order valence-corrected chi connectivity index (χ1v) is 10.1. The topological polar surface area (TPSA) is 73.1 Å². The highest BCUT2D eigenvalue weighted by Gasteiger charge is 2.07. The Balaban J connectivity index is 0.00000126. The van der Waals surface area contributed by atoms with E-state index in [0.717, 1.165) is 16.9 Å². The summed E-state index contributed by atoms with van der Waals surface area (Å²) in [6.07, 6.45) is 2.04. The van der Waals surface area contributed by atoms with Gasteiger partial charge in [0.25, 0.3) is 0 Å². The van der Waals surface area contributed by atoms with Crippen molar-refractivity contribution >= 4 is 40.8 Å². The molecule has 1 aromatic heterocycles. The lowest BCUT2D eigenvalue weighted by molar-refractivity contribution is 0.415.